The van der Waals surface area contributed by atoms with Gasteiger partial charge in [-0.2, -0.15) is 0 Å². The van der Waals surface area contributed by atoms with Gasteiger partial charge in [0, 0.05) is 11.6 Å². The average molecular weight is 346 g/mol. The van der Waals surface area contributed by atoms with Gasteiger partial charge in [-0.1, -0.05) is 23.8 Å². The van der Waals surface area contributed by atoms with Crippen molar-refractivity contribution in [1.82, 2.24) is 5.32 Å². The average Bonchev–Trinajstić information content (AvgIpc) is 2.49. The summed E-state index contributed by atoms with van der Waals surface area (Å²) in [7, 11) is -3.70. The van der Waals surface area contributed by atoms with E-state index in [1.165, 1.54) is 0 Å². The van der Waals surface area contributed by atoms with Crippen LogP contribution in [0.1, 0.15) is 35.3 Å². The Kier molecular flexibility index (Phi) is 5.29. The van der Waals surface area contributed by atoms with Gasteiger partial charge in [0.05, 0.1) is 10.6 Å². The van der Waals surface area contributed by atoms with E-state index in [9.17, 15) is 13.2 Å². The number of carbonyl (C=O) groups excluding carboxylic acids is 1. The number of nitrogens with one attached hydrogen (secondary N) is 2. The van der Waals surface area contributed by atoms with Crippen LogP contribution in [0.4, 0.5) is 5.69 Å². The highest BCUT2D eigenvalue weighted by Gasteiger charge is 2.18. The lowest BCUT2D eigenvalue weighted by molar-refractivity contribution is 0.0942. The monoisotopic (exact) mass is 346 g/mol. The predicted octanol–water partition coefficient (Wildman–Crippen LogP) is 3.24. The first-order chi connectivity index (χ1) is 11.2. The molecule has 0 spiro atoms. The van der Waals surface area contributed by atoms with Gasteiger partial charge in [-0.3, -0.25) is 9.52 Å². The van der Waals surface area contributed by atoms with Crippen LogP contribution in [-0.2, 0) is 10.0 Å². The van der Waals surface area contributed by atoms with E-state index in [1.807, 2.05) is 20.8 Å². The van der Waals surface area contributed by atoms with E-state index >= 15 is 0 Å². The first-order valence-corrected chi connectivity index (χ1v) is 9.19. The predicted molar refractivity (Wildman–Crippen MR) is 95.8 cm³/mol. The van der Waals surface area contributed by atoms with Crippen molar-refractivity contribution in [2.75, 3.05) is 4.72 Å². The number of anilines is 1. The molecule has 0 saturated carbocycles. The van der Waals surface area contributed by atoms with Gasteiger partial charge in [0.15, 0.2) is 0 Å². The van der Waals surface area contributed by atoms with E-state index in [0.717, 1.165) is 5.56 Å². The summed E-state index contributed by atoms with van der Waals surface area (Å²) in [5.74, 6) is -0.223. The first kappa shape index (κ1) is 18.0. The van der Waals surface area contributed by atoms with Crippen molar-refractivity contribution in [1.29, 1.82) is 0 Å². The van der Waals surface area contributed by atoms with Gasteiger partial charge in [-0.25, -0.2) is 8.42 Å². The highest BCUT2D eigenvalue weighted by atomic mass is 32.2. The van der Waals surface area contributed by atoms with Crippen molar-refractivity contribution in [3.8, 4) is 0 Å². The Morgan fingerprint density at radius 1 is 1.00 bits per heavy atom. The van der Waals surface area contributed by atoms with Crippen molar-refractivity contribution in [3.63, 3.8) is 0 Å². The summed E-state index contributed by atoms with van der Waals surface area (Å²) in [6.07, 6.45) is 0. The van der Waals surface area contributed by atoms with Crippen molar-refractivity contribution in [2.24, 2.45) is 0 Å². The molecule has 0 aliphatic heterocycles. The third-order valence-electron chi connectivity index (χ3n) is 3.57. The third-order valence-corrected chi connectivity index (χ3v) is 4.96. The topological polar surface area (TPSA) is 75.3 Å². The van der Waals surface area contributed by atoms with Gasteiger partial charge in [-0.05, 0) is 57.5 Å². The quantitative estimate of drug-likeness (QED) is 0.873. The fourth-order valence-corrected chi connectivity index (χ4v) is 3.38. The first-order valence-electron chi connectivity index (χ1n) is 7.70. The molecule has 0 radical (unpaired) electrons. The minimum atomic E-state index is -3.70. The molecule has 0 bridgehead atoms. The molecule has 2 aromatic carbocycles. The van der Waals surface area contributed by atoms with Crippen LogP contribution >= 0.6 is 0 Å². The minimum Gasteiger partial charge on any atom is -0.350 e. The van der Waals surface area contributed by atoms with Gasteiger partial charge in [0.1, 0.15) is 0 Å². The SMILES string of the molecule is Cc1ccc(S(=O)(=O)Nc2cccc(C(=O)NC(C)C)c2C)cc1. The zero-order valence-electron chi connectivity index (χ0n) is 14.3. The minimum absolute atomic E-state index is 0.00445. The maximum Gasteiger partial charge on any atom is 0.261 e. The standard InChI is InChI=1S/C18H22N2O3S/c1-12(2)19-18(21)16-6-5-7-17(14(16)4)20-24(22,23)15-10-8-13(3)9-11-15/h5-12,20H,1-4H3,(H,19,21). The molecule has 2 N–H and O–H groups in total. The van der Waals surface area contributed by atoms with Crippen LogP contribution in [0.3, 0.4) is 0 Å². The summed E-state index contributed by atoms with van der Waals surface area (Å²) in [5.41, 5.74) is 2.42. The summed E-state index contributed by atoms with van der Waals surface area (Å²) >= 11 is 0. The number of rotatable bonds is 5. The van der Waals surface area contributed by atoms with Crippen LogP contribution < -0.4 is 10.0 Å². The fraction of sp³-hybridized carbons (Fsp3) is 0.278. The molecule has 128 valence electrons. The number of amides is 1. The number of aryl methyl sites for hydroxylation is 1. The molecule has 2 rings (SSSR count). The van der Waals surface area contributed by atoms with E-state index < -0.39 is 10.0 Å². The van der Waals surface area contributed by atoms with Gasteiger partial charge in [0.25, 0.3) is 15.9 Å². The van der Waals surface area contributed by atoms with Crippen molar-refractivity contribution in [3.05, 3.63) is 59.2 Å². The van der Waals surface area contributed by atoms with Crippen LogP contribution in [-0.4, -0.2) is 20.4 Å². The molecule has 0 fully saturated rings. The van der Waals surface area contributed by atoms with E-state index in [-0.39, 0.29) is 16.8 Å². The zero-order valence-corrected chi connectivity index (χ0v) is 15.1. The lowest BCUT2D eigenvalue weighted by Crippen LogP contribution is -2.30. The molecular formula is C18H22N2O3S. The van der Waals surface area contributed by atoms with E-state index in [1.54, 1.807) is 49.4 Å². The van der Waals surface area contributed by atoms with Gasteiger partial charge in [0.2, 0.25) is 0 Å². The molecule has 1 amide bonds. The number of hydrogen-bond donors (Lipinski definition) is 2. The lowest BCUT2D eigenvalue weighted by atomic mass is 10.1. The maximum atomic E-state index is 12.5. The highest BCUT2D eigenvalue weighted by Crippen LogP contribution is 2.23. The summed E-state index contributed by atoms with van der Waals surface area (Å²) in [6.45, 7) is 7.36. The maximum absolute atomic E-state index is 12.5. The molecule has 0 aliphatic carbocycles. The van der Waals surface area contributed by atoms with E-state index in [0.29, 0.717) is 16.8 Å². The van der Waals surface area contributed by atoms with Crippen LogP contribution in [0.5, 0.6) is 0 Å². The Bertz CT molecular complexity index is 841. The largest absolute Gasteiger partial charge is 0.350 e. The van der Waals surface area contributed by atoms with Crippen molar-refractivity contribution < 1.29 is 13.2 Å². The van der Waals surface area contributed by atoms with Crippen LogP contribution in [0.15, 0.2) is 47.4 Å². The second-order valence-corrected chi connectivity index (χ2v) is 7.71. The van der Waals surface area contributed by atoms with Crippen LogP contribution in [0.2, 0.25) is 0 Å². The smallest absolute Gasteiger partial charge is 0.261 e. The van der Waals surface area contributed by atoms with E-state index in [4.69, 9.17) is 0 Å². The van der Waals surface area contributed by atoms with Gasteiger partial charge in [-0.15, -0.1) is 0 Å². The van der Waals surface area contributed by atoms with Crippen LogP contribution in [0.25, 0.3) is 0 Å². The number of sulfonamides is 1. The highest BCUT2D eigenvalue weighted by molar-refractivity contribution is 7.92. The number of hydrogen-bond acceptors (Lipinski definition) is 3. The van der Waals surface area contributed by atoms with Crippen molar-refractivity contribution >= 4 is 21.6 Å². The van der Waals surface area contributed by atoms with Crippen molar-refractivity contribution in [2.45, 2.75) is 38.6 Å². The molecule has 0 aromatic heterocycles. The molecule has 0 aliphatic rings. The van der Waals surface area contributed by atoms with Gasteiger partial charge < -0.3 is 5.32 Å². The normalized spacial score (nSPS) is 11.4. The Labute approximate surface area is 143 Å². The summed E-state index contributed by atoms with van der Waals surface area (Å²) in [6, 6.07) is 11.6. The zero-order chi connectivity index (χ0) is 17.9. The molecule has 0 unspecified atom stereocenters. The number of benzene rings is 2. The molecule has 0 atom stereocenters. The van der Waals surface area contributed by atoms with E-state index in [2.05, 4.69) is 10.0 Å². The molecule has 24 heavy (non-hydrogen) atoms. The second kappa shape index (κ2) is 7.05. The molecule has 0 saturated heterocycles. The molecule has 6 heteroatoms. The summed E-state index contributed by atoms with van der Waals surface area (Å²) < 4.78 is 27.6. The Morgan fingerprint density at radius 3 is 2.21 bits per heavy atom. The molecule has 2 aromatic rings. The molecule has 5 nitrogen and oxygen atoms in total. The Morgan fingerprint density at radius 2 is 1.62 bits per heavy atom. The second-order valence-electron chi connectivity index (χ2n) is 6.02. The summed E-state index contributed by atoms with van der Waals surface area (Å²) in [5, 5.41) is 2.81. The molecule has 0 heterocycles. The fourth-order valence-electron chi connectivity index (χ4n) is 2.25. The number of carbonyl (C=O) groups is 1. The Hall–Kier alpha value is -2.34. The third kappa shape index (κ3) is 4.14. The van der Waals surface area contributed by atoms with Gasteiger partial charge >= 0.3 is 0 Å². The molecular weight excluding hydrogens is 324 g/mol. The van der Waals surface area contributed by atoms with Crippen LogP contribution in [0, 0.1) is 13.8 Å². The summed E-state index contributed by atoms with van der Waals surface area (Å²) in [4.78, 5) is 12.4. The Balaban J connectivity index is 2.33. The lowest BCUT2D eigenvalue weighted by Gasteiger charge is -2.15.